The topological polar surface area (TPSA) is 64.7 Å². The molecule has 1 rings (SSSR count). The average molecular weight is 115 g/mol. The minimum absolute atomic E-state index is 0.208. The molecule has 1 heterocycles. The van der Waals surface area contributed by atoms with Crippen LogP contribution in [-0.4, -0.2) is 18.7 Å². The molecule has 1 aliphatic rings. The Morgan fingerprint density at radius 2 is 2.62 bits per heavy atom. The molecule has 0 spiro atoms. The lowest BCUT2D eigenvalue weighted by Crippen LogP contribution is -2.26. The Bertz CT molecular complexity index is 115. The maximum atomic E-state index is 8.49. The van der Waals surface area contributed by atoms with Gasteiger partial charge in [0.15, 0.2) is 0 Å². The Balaban J connectivity index is 2.32. The summed E-state index contributed by atoms with van der Waals surface area (Å²) in [6.45, 7) is 0. The summed E-state index contributed by atoms with van der Waals surface area (Å²) >= 11 is 0. The van der Waals surface area contributed by atoms with Crippen LogP contribution in [0.2, 0.25) is 0 Å². The molecule has 0 saturated heterocycles. The Kier molecular flexibility index (Phi) is 1.30. The molecule has 3 N–H and O–H groups in total. The zero-order valence-electron chi connectivity index (χ0n) is 4.20. The fourth-order valence-corrected chi connectivity index (χ4v) is 0.428. The van der Waals surface area contributed by atoms with Gasteiger partial charge >= 0.3 is 7.12 Å². The summed E-state index contributed by atoms with van der Waals surface area (Å²) < 4.78 is 9.23. The van der Waals surface area contributed by atoms with E-state index in [1.807, 2.05) is 0 Å². The van der Waals surface area contributed by atoms with E-state index in [2.05, 4.69) is 9.31 Å². The van der Waals surface area contributed by atoms with E-state index in [1.165, 1.54) is 0 Å². The van der Waals surface area contributed by atoms with Gasteiger partial charge in [-0.05, 0) is 0 Å². The Morgan fingerprint density at radius 1 is 1.88 bits per heavy atom. The molecule has 0 aliphatic carbocycles. The second-order valence-electron chi connectivity index (χ2n) is 1.38. The number of rotatable bonds is 1. The maximum absolute atomic E-state index is 8.49. The van der Waals surface area contributed by atoms with Crippen LogP contribution in [0.4, 0.5) is 0 Å². The van der Waals surface area contributed by atoms with E-state index in [9.17, 15) is 0 Å². The van der Waals surface area contributed by atoms with Crippen LogP contribution >= 0.6 is 0 Å². The van der Waals surface area contributed by atoms with Crippen LogP contribution in [0.1, 0.15) is 0 Å². The van der Waals surface area contributed by atoms with Crippen molar-refractivity contribution in [3.8, 4) is 0 Å². The first kappa shape index (κ1) is 5.30. The SMILES string of the molecule is NCB1OC=C(O)O1. The van der Waals surface area contributed by atoms with E-state index in [4.69, 9.17) is 10.8 Å². The van der Waals surface area contributed by atoms with Gasteiger partial charge in [-0.3, -0.25) is 0 Å². The van der Waals surface area contributed by atoms with Crippen LogP contribution < -0.4 is 5.73 Å². The number of hydrogen-bond acceptors (Lipinski definition) is 4. The summed E-state index contributed by atoms with van der Waals surface area (Å²) in [5.41, 5.74) is 5.10. The molecule has 44 valence electrons. The highest BCUT2D eigenvalue weighted by Crippen LogP contribution is 2.05. The van der Waals surface area contributed by atoms with Crippen molar-refractivity contribution in [2.75, 3.05) is 6.44 Å². The van der Waals surface area contributed by atoms with Crippen molar-refractivity contribution >= 4 is 7.12 Å². The summed E-state index contributed by atoms with van der Waals surface area (Å²) in [6, 6.07) is 0. The van der Waals surface area contributed by atoms with Crippen LogP contribution in [0.25, 0.3) is 0 Å². The molecule has 0 atom stereocenters. The average Bonchev–Trinajstić information content (AvgIpc) is 2.14. The molecular weight excluding hydrogens is 109 g/mol. The minimum atomic E-state index is -0.491. The van der Waals surface area contributed by atoms with Gasteiger partial charge in [0.2, 0.25) is 0 Å². The summed E-state index contributed by atoms with van der Waals surface area (Å²) in [5.74, 6) is -0.208. The predicted octanol–water partition coefficient (Wildman–Crippen LogP) is -0.624. The molecule has 0 aromatic rings. The van der Waals surface area contributed by atoms with Gasteiger partial charge in [-0.1, -0.05) is 0 Å². The summed E-state index contributed by atoms with van der Waals surface area (Å²) in [6.07, 6.45) is 1.37. The largest absolute Gasteiger partial charge is 0.611 e. The van der Waals surface area contributed by atoms with Crippen LogP contribution in [0.5, 0.6) is 0 Å². The molecule has 0 amide bonds. The van der Waals surface area contributed by atoms with Gasteiger partial charge in [0.05, 0.1) is 6.44 Å². The van der Waals surface area contributed by atoms with Crippen LogP contribution in [-0.2, 0) is 9.31 Å². The van der Waals surface area contributed by atoms with Crippen molar-refractivity contribution in [2.45, 2.75) is 0 Å². The number of hydrogen-bond donors (Lipinski definition) is 2. The lowest BCUT2D eigenvalue weighted by molar-refractivity contribution is 0.215. The Labute approximate surface area is 47.0 Å². The highest BCUT2D eigenvalue weighted by Gasteiger charge is 2.25. The lowest BCUT2D eigenvalue weighted by atomic mass is 9.92. The fraction of sp³-hybridized carbons (Fsp3) is 0.333. The van der Waals surface area contributed by atoms with Crippen molar-refractivity contribution in [2.24, 2.45) is 5.73 Å². The zero-order chi connectivity index (χ0) is 5.98. The second-order valence-corrected chi connectivity index (χ2v) is 1.38. The third-order valence-corrected chi connectivity index (χ3v) is 0.765. The lowest BCUT2D eigenvalue weighted by Gasteiger charge is -1.98. The van der Waals surface area contributed by atoms with Gasteiger partial charge in [-0.15, -0.1) is 0 Å². The van der Waals surface area contributed by atoms with Crippen LogP contribution in [0.15, 0.2) is 12.2 Å². The zero-order valence-corrected chi connectivity index (χ0v) is 4.20. The van der Waals surface area contributed by atoms with Crippen LogP contribution in [0, 0.1) is 0 Å². The van der Waals surface area contributed by atoms with Gasteiger partial charge < -0.3 is 20.1 Å². The quantitative estimate of drug-likeness (QED) is 0.446. The molecule has 0 fully saturated rings. The molecule has 4 nitrogen and oxygen atoms in total. The highest BCUT2D eigenvalue weighted by atomic mass is 16.7. The van der Waals surface area contributed by atoms with E-state index in [-0.39, 0.29) is 12.4 Å². The molecule has 1 aliphatic heterocycles. The number of aliphatic hydroxyl groups is 1. The number of nitrogens with two attached hydrogens (primary N) is 1. The summed E-state index contributed by atoms with van der Waals surface area (Å²) in [4.78, 5) is 0. The van der Waals surface area contributed by atoms with Crippen LogP contribution in [0.3, 0.4) is 0 Å². The smallest absolute Gasteiger partial charge is 0.525 e. The first-order chi connectivity index (χ1) is 3.83. The summed E-state index contributed by atoms with van der Waals surface area (Å²) in [7, 11) is -0.491. The summed E-state index contributed by atoms with van der Waals surface area (Å²) in [5, 5.41) is 8.49. The van der Waals surface area contributed by atoms with E-state index < -0.39 is 7.12 Å². The highest BCUT2D eigenvalue weighted by molar-refractivity contribution is 6.45. The predicted molar refractivity (Wildman–Crippen MR) is 27.7 cm³/mol. The van der Waals surface area contributed by atoms with E-state index in [0.717, 1.165) is 6.26 Å². The van der Waals surface area contributed by atoms with Gasteiger partial charge in [-0.2, -0.15) is 0 Å². The van der Waals surface area contributed by atoms with Gasteiger partial charge in [0.1, 0.15) is 6.26 Å². The minimum Gasteiger partial charge on any atom is -0.525 e. The van der Waals surface area contributed by atoms with Crippen molar-refractivity contribution in [3.05, 3.63) is 12.2 Å². The first-order valence-corrected chi connectivity index (χ1v) is 2.24. The van der Waals surface area contributed by atoms with Gasteiger partial charge in [-0.25, -0.2) is 0 Å². The normalized spacial score (nSPS) is 17.1. The second kappa shape index (κ2) is 1.96. The van der Waals surface area contributed by atoms with Gasteiger partial charge in [0.25, 0.3) is 5.95 Å². The van der Waals surface area contributed by atoms with Crippen molar-refractivity contribution in [1.29, 1.82) is 0 Å². The van der Waals surface area contributed by atoms with Crippen molar-refractivity contribution in [1.82, 2.24) is 0 Å². The van der Waals surface area contributed by atoms with Crippen molar-refractivity contribution < 1.29 is 14.4 Å². The molecule has 0 aromatic heterocycles. The van der Waals surface area contributed by atoms with E-state index >= 15 is 0 Å². The molecule has 0 radical (unpaired) electrons. The Hall–Kier alpha value is -0.835. The third kappa shape index (κ3) is 0.867. The van der Waals surface area contributed by atoms with E-state index in [0.29, 0.717) is 0 Å². The fourth-order valence-electron chi connectivity index (χ4n) is 0.428. The van der Waals surface area contributed by atoms with Crippen molar-refractivity contribution in [3.63, 3.8) is 0 Å². The monoisotopic (exact) mass is 115 g/mol. The van der Waals surface area contributed by atoms with Gasteiger partial charge in [0, 0.05) is 0 Å². The Morgan fingerprint density at radius 3 is 2.88 bits per heavy atom. The third-order valence-electron chi connectivity index (χ3n) is 0.765. The molecule has 0 saturated carbocycles. The molecule has 0 unspecified atom stereocenters. The first-order valence-electron chi connectivity index (χ1n) is 2.24. The number of aliphatic hydroxyl groups excluding tert-OH is 1. The van der Waals surface area contributed by atoms with E-state index in [1.54, 1.807) is 0 Å². The molecule has 0 aromatic carbocycles. The molecule has 8 heavy (non-hydrogen) atoms. The molecule has 5 heteroatoms. The standard InChI is InChI=1S/C3H6BNO3/c5-2-4-7-1-3(6)8-4/h1,6H,2,5H2. The maximum Gasteiger partial charge on any atom is 0.611 e. The molecular formula is C3H6BNO3. The molecule has 0 bridgehead atoms.